The second kappa shape index (κ2) is 13.9. The van der Waals surface area contributed by atoms with Gasteiger partial charge in [0.2, 0.25) is 0 Å². The summed E-state index contributed by atoms with van der Waals surface area (Å²) in [6, 6.07) is 16.2. The SMILES string of the molecule is COC(=O)CC1CN(Cc2ccc(CN(OC(C)(C)C)C(=O)C(=N)NC(=O)OC(C)(C)C)cc2)CCc2ccccc21. The summed E-state index contributed by atoms with van der Waals surface area (Å²) < 4.78 is 10.1. The number of esters is 1. The van der Waals surface area contributed by atoms with Crippen LogP contribution in [0.25, 0.3) is 0 Å². The van der Waals surface area contributed by atoms with Gasteiger partial charge in [-0.2, -0.15) is 0 Å². The van der Waals surface area contributed by atoms with Crippen LogP contribution >= 0.6 is 0 Å². The number of amidine groups is 1. The fraction of sp³-hybridized carbons (Fsp3) is 0.500. The molecule has 2 aromatic rings. The van der Waals surface area contributed by atoms with Crippen molar-refractivity contribution in [3.63, 3.8) is 0 Å². The lowest BCUT2D eigenvalue weighted by atomic mass is 9.91. The Morgan fingerprint density at radius 2 is 1.62 bits per heavy atom. The van der Waals surface area contributed by atoms with Gasteiger partial charge in [0, 0.05) is 25.6 Å². The van der Waals surface area contributed by atoms with E-state index in [-0.39, 0.29) is 18.4 Å². The number of benzene rings is 2. The van der Waals surface area contributed by atoms with Crippen LogP contribution in [0, 0.1) is 5.41 Å². The van der Waals surface area contributed by atoms with Gasteiger partial charge in [-0.05, 0) is 70.2 Å². The number of carbonyl (C=O) groups is 3. The predicted octanol–water partition coefficient (Wildman–Crippen LogP) is 4.95. The summed E-state index contributed by atoms with van der Waals surface area (Å²) in [6.07, 6.45) is 0.348. The number of nitrogens with zero attached hydrogens (tertiary/aromatic N) is 2. The molecule has 2 N–H and O–H groups in total. The molecule has 0 bridgehead atoms. The predicted molar refractivity (Wildman–Crippen MR) is 160 cm³/mol. The third kappa shape index (κ3) is 10.3. The van der Waals surface area contributed by atoms with Gasteiger partial charge in [0.25, 0.3) is 0 Å². The maximum Gasteiger partial charge on any atom is 0.413 e. The largest absolute Gasteiger partial charge is 0.469 e. The molecule has 1 heterocycles. The van der Waals surface area contributed by atoms with E-state index < -0.39 is 29.0 Å². The Balaban J connectivity index is 1.68. The molecule has 2 aromatic carbocycles. The van der Waals surface area contributed by atoms with Crippen LogP contribution in [-0.2, 0) is 43.4 Å². The number of methoxy groups -OCH3 is 1. The van der Waals surface area contributed by atoms with Crippen LogP contribution in [0.2, 0.25) is 0 Å². The van der Waals surface area contributed by atoms with Crippen LogP contribution in [0.15, 0.2) is 48.5 Å². The first-order chi connectivity index (χ1) is 19.6. The number of alkyl carbamates (subject to hydrolysis) is 1. The minimum absolute atomic E-state index is 0.0501. The Hall–Kier alpha value is -3.76. The van der Waals surface area contributed by atoms with Gasteiger partial charge in [-0.15, -0.1) is 0 Å². The number of nitrogens with one attached hydrogen (secondary N) is 2. The molecule has 42 heavy (non-hydrogen) atoms. The molecule has 1 atom stereocenters. The van der Waals surface area contributed by atoms with Gasteiger partial charge in [-0.1, -0.05) is 48.5 Å². The summed E-state index contributed by atoms with van der Waals surface area (Å²) >= 11 is 0. The molecule has 0 spiro atoms. The lowest BCUT2D eigenvalue weighted by Crippen LogP contribution is -2.47. The third-order valence-corrected chi connectivity index (χ3v) is 6.52. The van der Waals surface area contributed by atoms with Gasteiger partial charge in [-0.3, -0.25) is 30.1 Å². The molecule has 0 saturated carbocycles. The maximum atomic E-state index is 13.1. The van der Waals surface area contributed by atoms with E-state index in [1.807, 2.05) is 36.4 Å². The van der Waals surface area contributed by atoms with Crippen molar-refractivity contribution in [1.82, 2.24) is 15.3 Å². The highest BCUT2D eigenvalue weighted by atomic mass is 16.7. The Kier molecular flexibility index (Phi) is 10.9. The lowest BCUT2D eigenvalue weighted by molar-refractivity contribution is -0.226. The van der Waals surface area contributed by atoms with Crippen molar-refractivity contribution in [2.45, 2.75) is 84.6 Å². The first-order valence-corrected chi connectivity index (χ1v) is 14.2. The van der Waals surface area contributed by atoms with Gasteiger partial charge >= 0.3 is 18.0 Å². The van der Waals surface area contributed by atoms with Crippen LogP contribution in [-0.4, -0.2) is 65.2 Å². The van der Waals surface area contributed by atoms with Crippen LogP contribution in [0.1, 0.15) is 76.1 Å². The molecule has 2 amide bonds. The summed E-state index contributed by atoms with van der Waals surface area (Å²) in [6.45, 7) is 12.9. The number of hydrogen-bond donors (Lipinski definition) is 2. The van der Waals surface area contributed by atoms with Crippen molar-refractivity contribution in [2.24, 2.45) is 0 Å². The molecule has 0 fully saturated rings. The molecule has 0 aromatic heterocycles. The molecule has 228 valence electrons. The van der Waals surface area contributed by atoms with Gasteiger partial charge in [0.1, 0.15) is 5.60 Å². The molecular formula is C32H44N4O6. The molecule has 1 aliphatic heterocycles. The Morgan fingerprint density at radius 1 is 0.976 bits per heavy atom. The highest BCUT2D eigenvalue weighted by molar-refractivity contribution is 6.38. The number of hydroxylamine groups is 2. The van der Waals surface area contributed by atoms with Gasteiger partial charge in [0.05, 0.1) is 25.7 Å². The molecule has 10 nitrogen and oxygen atoms in total. The highest BCUT2D eigenvalue weighted by Crippen LogP contribution is 2.29. The zero-order valence-corrected chi connectivity index (χ0v) is 25.8. The topological polar surface area (TPSA) is 121 Å². The van der Waals surface area contributed by atoms with E-state index in [1.54, 1.807) is 41.5 Å². The number of fused-ring (bicyclic) bond motifs is 1. The molecule has 0 aliphatic carbocycles. The van der Waals surface area contributed by atoms with Gasteiger partial charge in [-0.25, -0.2) is 9.86 Å². The van der Waals surface area contributed by atoms with E-state index in [9.17, 15) is 14.4 Å². The van der Waals surface area contributed by atoms with E-state index in [0.29, 0.717) is 13.0 Å². The molecule has 10 heteroatoms. The fourth-order valence-electron chi connectivity index (χ4n) is 4.78. The second-order valence-corrected chi connectivity index (χ2v) is 12.5. The zero-order chi connectivity index (χ0) is 31.1. The molecule has 3 rings (SSSR count). The number of hydrogen-bond acceptors (Lipinski definition) is 8. The van der Waals surface area contributed by atoms with E-state index in [2.05, 4.69) is 22.3 Å². The van der Waals surface area contributed by atoms with E-state index in [4.69, 9.17) is 19.7 Å². The lowest BCUT2D eigenvalue weighted by Gasteiger charge is -2.30. The summed E-state index contributed by atoms with van der Waals surface area (Å²) in [5.41, 5.74) is 2.88. The number of amides is 2. The number of rotatable bonds is 7. The Bertz CT molecular complexity index is 1260. The smallest absolute Gasteiger partial charge is 0.413 e. The summed E-state index contributed by atoms with van der Waals surface area (Å²) in [5.74, 6) is -1.60. The van der Waals surface area contributed by atoms with Gasteiger partial charge in [0.15, 0.2) is 5.84 Å². The van der Waals surface area contributed by atoms with Crippen molar-refractivity contribution in [2.75, 3.05) is 20.2 Å². The number of carbonyl (C=O) groups excluding carboxylic acids is 3. The van der Waals surface area contributed by atoms with Crippen LogP contribution < -0.4 is 5.32 Å². The average molecular weight is 581 g/mol. The molecule has 1 aliphatic rings. The molecular weight excluding hydrogens is 536 g/mol. The standard InChI is InChI=1S/C32H44N4O6/c1-31(2,3)41-30(39)34-28(33)29(38)36(42-32(4,5)6)20-23-14-12-22(13-15-23)19-35-17-16-24-10-8-9-11-26(24)25(21-35)18-27(37)40-7/h8-15,25H,16-21H2,1-7H3,(H2,33,34,39). The second-order valence-electron chi connectivity index (χ2n) is 12.5. The Labute approximate surface area is 248 Å². The van der Waals surface area contributed by atoms with Crippen molar-refractivity contribution in [3.8, 4) is 0 Å². The van der Waals surface area contributed by atoms with E-state index >= 15 is 0 Å². The summed E-state index contributed by atoms with van der Waals surface area (Å²) in [5, 5.41) is 11.4. The number of ether oxygens (including phenoxy) is 2. The van der Waals surface area contributed by atoms with Crippen molar-refractivity contribution >= 4 is 23.8 Å². The van der Waals surface area contributed by atoms with Crippen molar-refractivity contribution in [3.05, 3.63) is 70.8 Å². The quantitative estimate of drug-likeness (QED) is 0.206. The average Bonchev–Trinajstić information content (AvgIpc) is 3.06. The first-order valence-electron chi connectivity index (χ1n) is 14.2. The normalized spacial score (nSPS) is 15.6. The van der Waals surface area contributed by atoms with Gasteiger partial charge < -0.3 is 9.47 Å². The Morgan fingerprint density at radius 3 is 2.24 bits per heavy atom. The molecule has 1 unspecified atom stereocenters. The summed E-state index contributed by atoms with van der Waals surface area (Å²) in [7, 11) is 1.42. The van der Waals surface area contributed by atoms with Crippen molar-refractivity contribution < 1.29 is 28.7 Å². The minimum Gasteiger partial charge on any atom is -0.469 e. The van der Waals surface area contributed by atoms with Crippen LogP contribution in [0.5, 0.6) is 0 Å². The zero-order valence-electron chi connectivity index (χ0n) is 25.8. The highest BCUT2D eigenvalue weighted by Gasteiger charge is 2.28. The monoisotopic (exact) mass is 580 g/mol. The third-order valence-electron chi connectivity index (χ3n) is 6.52. The minimum atomic E-state index is -0.883. The van der Waals surface area contributed by atoms with Crippen LogP contribution in [0.4, 0.5) is 4.79 Å². The van der Waals surface area contributed by atoms with Crippen LogP contribution in [0.3, 0.4) is 0 Å². The van der Waals surface area contributed by atoms with E-state index in [0.717, 1.165) is 35.7 Å². The maximum absolute atomic E-state index is 13.1. The molecule has 0 radical (unpaired) electrons. The van der Waals surface area contributed by atoms with Crippen molar-refractivity contribution in [1.29, 1.82) is 5.41 Å². The summed E-state index contributed by atoms with van der Waals surface area (Å²) in [4.78, 5) is 45.6. The van der Waals surface area contributed by atoms with E-state index in [1.165, 1.54) is 18.2 Å². The fourth-order valence-corrected chi connectivity index (χ4v) is 4.78. The first kappa shape index (κ1) is 32.8. The molecule has 0 saturated heterocycles.